The fraction of sp³-hybridized carbons (Fsp3) is 0.165. The van der Waals surface area contributed by atoms with Gasteiger partial charge in [-0.25, -0.2) is 0 Å². The number of hydrogen-bond acceptors (Lipinski definition) is 4. The molecule has 0 amide bonds. The maximum absolute atomic E-state index is 10.1. The molecule has 12 aromatic rings. The predicted molar refractivity (Wildman–Crippen MR) is 361 cm³/mol. The Morgan fingerprint density at radius 1 is 0.540 bits per heavy atom. The average Bonchev–Trinajstić information content (AvgIpc) is 1.51. The molecular formula is C79H70BN5OPt. The van der Waals surface area contributed by atoms with Gasteiger partial charge >= 0.3 is 456 Å². The van der Waals surface area contributed by atoms with Crippen LogP contribution in [-0.2, 0) is 36.6 Å². The zero-order chi connectivity index (χ0) is 67.7. The van der Waals surface area contributed by atoms with E-state index in [1.54, 1.807) is 18.2 Å². The molecule has 0 spiro atoms. The van der Waals surface area contributed by atoms with Crippen molar-refractivity contribution in [3.8, 4) is 78.6 Å². The summed E-state index contributed by atoms with van der Waals surface area (Å²) >= 11 is 2.23. The Bertz CT molecular complexity index is 5120. The summed E-state index contributed by atoms with van der Waals surface area (Å²) in [4.78, 5) is 9.84. The van der Waals surface area contributed by atoms with Crippen LogP contribution < -0.4 is 19.8 Å². The predicted octanol–water partition coefficient (Wildman–Crippen LogP) is 20.1. The Balaban J connectivity index is 1.02. The van der Waals surface area contributed by atoms with E-state index in [1.165, 1.54) is 0 Å². The van der Waals surface area contributed by atoms with E-state index in [1.807, 2.05) is 150 Å². The molecule has 14 rings (SSSR count). The zero-order valence-electron chi connectivity index (χ0n) is 58.9. The second-order valence-electron chi connectivity index (χ2n) is 25.0. The van der Waals surface area contributed by atoms with Crippen molar-refractivity contribution >= 4 is 46.4 Å². The summed E-state index contributed by atoms with van der Waals surface area (Å²) in [6, 6.07) is 70.3. The number of hydrogen-bond donors (Lipinski definition) is 0. The van der Waals surface area contributed by atoms with Crippen LogP contribution in [0.1, 0.15) is 90.0 Å². The van der Waals surface area contributed by atoms with E-state index in [2.05, 4.69) is 143 Å². The summed E-state index contributed by atoms with van der Waals surface area (Å²) in [6.45, 7) is 13.7. The number of anilines is 4. The summed E-state index contributed by atoms with van der Waals surface area (Å²) in [5.41, 5.74) is 15.1. The van der Waals surface area contributed by atoms with Crippen LogP contribution in [0.15, 0.2) is 243 Å². The summed E-state index contributed by atoms with van der Waals surface area (Å²) in [5, 5.41) is 0. The molecule has 0 N–H and O–H groups in total. The van der Waals surface area contributed by atoms with E-state index >= 15 is 0 Å². The quantitative estimate of drug-likeness (QED) is 0.121. The monoisotopic (exact) mass is 1320 g/mol. The van der Waals surface area contributed by atoms with Gasteiger partial charge in [0.2, 0.25) is 0 Å². The van der Waals surface area contributed by atoms with Crippen molar-refractivity contribution in [3.63, 3.8) is 0 Å². The standard InChI is InChI=1S/C79H70BN5O.Pt/c1-52(2)43-54-45-66(57-41-39-56(40-42-57)55-25-12-10-13-26-55)76(67(46-54)59-47-60(78(4,5)6)49-61(48-59)79(7,8)9)83-51-82(70-35-20-21-36-71(70)83)62-29-24-30-63(50-62)86-77-75(58-27-14-11-15-28-58)53(3)44-74(81-77)85-73-38-23-22-37-72(73)84-69-34-19-17-32-65(69)64-31-16-18-33-68(64)80(84)85;/h10-42,44-50,52H,43H2,1-9H3;/i3D3,20D,21D,35D,36D,43D2;. The van der Waals surface area contributed by atoms with Crippen LogP contribution in [0, 0.1) is 16.6 Å². The first-order valence-corrected chi connectivity index (χ1v) is 30.8. The van der Waals surface area contributed by atoms with Gasteiger partial charge in [-0.05, 0) is 17.7 Å². The average molecular weight is 1320 g/mol. The summed E-state index contributed by atoms with van der Waals surface area (Å²) in [5.74, 6) is 0.210. The van der Waals surface area contributed by atoms with Crippen molar-refractivity contribution in [2.24, 2.45) is 5.92 Å². The first-order chi connectivity index (χ1) is 45.7. The van der Waals surface area contributed by atoms with Crippen LogP contribution in [0.5, 0.6) is 11.6 Å². The van der Waals surface area contributed by atoms with Crippen molar-refractivity contribution in [2.45, 2.75) is 79.4 Å². The van der Waals surface area contributed by atoms with Crippen LogP contribution >= 0.6 is 0 Å². The number of ether oxygens (including phenoxy) is 1. The molecule has 2 aliphatic rings. The van der Waals surface area contributed by atoms with Crippen LogP contribution in [0.4, 0.5) is 22.9 Å². The molecule has 2 aromatic heterocycles. The van der Waals surface area contributed by atoms with Crippen LogP contribution in [0.2, 0.25) is 0 Å². The van der Waals surface area contributed by atoms with E-state index in [9.17, 15) is 12.3 Å². The van der Waals surface area contributed by atoms with Crippen LogP contribution in [-0.4, -0.2) is 21.1 Å². The number of fused-ring (bicyclic) bond motifs is 9. The zero-order valence-corrected chi connectivity index (χ0v) is 52.2. The summed E-state index contributed by atoms with van der Waals surface area (Å²) in [7, 11) is 0. The first kappa shape index (κ1) is 46.2. The van der Waals surface area contributed by atoms with E-state index < -0.39 is 38.2 Å². The van der Waals surface area contributed by atoms with Crippen LogP contribution in [0.3, 0.4) is 0 Å². The molecule has 0 bridgehead atoms. The molecule has 4 heterocycles. The van der Waals surface area contributed by atoms with Gasteiger partial charge < -0.3 is 0 Å². The summed E-state index contributed by atoms with van der Waals surface area (Å²) < 4.78 is 97.7. The van der Waals surface area contributed by atoms with Crippen LogP contribution in [0.25, 0.3) is 78.0 Å². The van der Waals surface area contributed by atoms with Gasteiger partial charge in [-0.15, -0.1) is 0 Å². The summed E-state index contributed by atoms with van der Waals surface area (Å²) in [6.07, 6.45) is -1.83. The number of para-hydroxylation sites is 5. The third kappa shape index (κ3) is 10.1. The Morgan fingerprint density at radius 2 is 1.10 bits per heavy atom. The van der Waals surface area contributed by atoms with Gasteiger partial charge in [0, 0.05) is 11.3 Å². The molecule has 2 aliphatic heterocycles. The van der Waals surface area contributed by atoms with E-state index in [0.717, 1.165) is 67.0 Å². The molecule has 0 radical (unpaired) electrons. The molecule has 430 valence electrons. The fourth-order valence-corrected chi connectivity index (χ4v) is 13.5. The first-order valence-electron chi connectivity index (χ1n) is 34.2. The van der Waals surface area contributed by atoms with Crippen molar-refractivity contribution in [2.75, 3.05) is 9.62 Å². The van der Waals surface area contributed by atoms with Gasteiger partial charge in [0.1, 0.15) is 0 Å². The molecule has 87 heavy (non-hydrogen) atoms. The second kappa shape index (κ2) is 22.0. The van der Waals surface area contributed by atoms with Gasteiger partial charge in [-0.3, -0.25) is 0 Å². The van der Waals surface area contributed by atoms with Gasteiger partial charge in [0.05, 0.1) is 0 Å². The normalized spacial score (nSPS) is 14.6. The molecule has 8 heteroatoms. The molecular weight excluding hydrogens is 1240 g/mol. The molecule has 0 atom stereocenters. The number of aromatic nitrogens is 3. The molecule has 0 aliphatic carbocycles. The van der Waals surface area contributed by atoms with Crippen molar-refractivity contribution in [3.05, 3.63) is 269 Å². The maximum atomic E-state index is 10.1. The Hall–Kier alpha value is -9.03. The molecule has 0 unspecified atom stereocenters. The minimum atomic E-state index is -2.67. The van der Waals surface area contributed by atoms with E-state index in [-0.39, 0.29) is 56.7 Å². The van der Waals surface area contributed by atoms with E-state index in [4.69, 9.17) is 9.72 Å². The Morgan fingerprint density at radius 3 is 1.76 bits per heavy atom. The molecule has 0 saturated heterocycles. The Kier molecular flexibility index (Phi) is 11.7. The molecule has 0 fully saturated rings. The third-order valence-electron chi connectivity index (χ3n) is 16.7. The van der Waals surface area contributed by atoms with Crippen molar-refractivity contribution in [1.82, 2.24) is 14.1 Å². The van der Waals surface area contributed by atoms with Gasteiger partial charge in [-0.1, -0.05) is 54.6 Å². The number of imidazole rings is 1. The number of pyridine rings is 1. The molecule has 6 nitrogen and oxygen atoms in total. The topological polar surface area (TPSA) is 38.5 Å². The molecule has 10 aromatic carbocycles. The van der Waals surface area contributed by atoms with Gasteiger partial charge in [0.25, 0.3) is 0 Å². The number of benzene rings is 10. The third-order valence-corrected chi connectivity index (χ3v) is 17.7. The van der Waals surface area contributed by atoms with Crippen molar-refractivity contribution < 1.29 is 36.4 Å². The molecule has 0 saturated carbocycles. The minimum absolute atomic E-state index is 0.0322. The number of aryl methyl sites for hydroxylation is 1. The van der Waals surface area contributed by atoms with Gasteiger partial charge in [-0.2, -0.15) is 0 Å². The van der Waals surface area contributed by atoms with Gasteiger partial charge in [0.15, 0.2) is 0 Å². The SMILES string of the molecule is [2H]c1c([2H])c([2H])c2c(c1[2H])n(-c1cccc(Oc3nc(N4B5c6ccccc6-c6ccccc6N5c5ccccc54)cc(C([2H])([2H])[2H])c3-c3ccccc3)c1)[c](=[Pt])n2-c1c(-c2ccc(-c3ccccc3)cc2)cc(C([2H])([2H])C(C)C)cc1-c1cc(C(C)(C)C)cc(C(C)(C)C)c1. The fourth-order valence-electron chi connectivity index (χ4n) is 12.5. The second-order valence-corrected chi connectivity index (χ2v) is 26.0. The van der Waals surface area contributed by atoms with E-state index in [0.29, 0.717) is 43.3 Å². The Labute approximate surface area is 536 Å². The van der Waals surface area contributed by atoms with Crippen molar-refractivity contribution in [1.29, 1.82) is 0 Å². The number of rotatable bonds is 11. The number of nitrogens with zero attached hydrogens (tertiary/aromatic N) is 5.